The number of rotatable bonds is 0. The molecule has 0 bridgehead atoms. The van der Waals surface area contributed by atoms with Crippen molar-refractivity contribution < 1.29 is 59.1 Å². The second-order valence-electron chi connectivity index (χ2n) is 1.57. The van der Waals surface area contributed by atoms with Crippen LogP contribution in [0.25, 0.3) is 0 Å². The van der Waals surface area contributed by atoms with Gasteiger partial charge in [0.15, 0.2) is 0 Å². The average molecular weight is 337 g/mol. The summed E-state index contributed by atoms with van der Waals surface area (Å²) in [6, 6.07) is 0. The molecule has 0 aromatic carbocycles. The predicted octanol–water partition coefficient (Wildman–Crippen LogP) is -0.0972. The molecule has 0 aromatic rings. The number of hydrogen-bond donors (Lipinski definition) is 0. The first-order chi connectivity index (χ1) is 5.75. The van der Waals surface area contributed by atoms with Gasteiger partial charge in [0.1, 0.15) is 0 Å². The van der Waals surface area contributed by atoms with Crippen LogP contribution in [0.3, 0.4) is 0 Å². The molecule has 84 valence electrons. The van der Waals surface area contributed by atoms with E-state index in [1.807, 2.05) is 0 Å². The van der Waals surface area contributed by atoms with E-state index >= 15 is 0 Å². The molecule has 0 heterocycles. The molecular formula is C3HF9I-. The van der Waals surface area contributed by atoms with Gasteiger partial charge in [-0.2, -0.15) is 0 Å². The van der Waals surface area contributed by atoms with Gasteiger partial charge in [0.05, 0.1) is 0 Å². The fraction of sp³-hybridized carbons (Fsp3) is 1.00. The summed E-state index contributed by atoms with van der Waals surface area (Å²) in [6.45, 7) is 0. The Morgan fingerprint density at radius 2 is 0.769 bits per heavy atom. The molecule has 13 heavy (non-hydrogen) atoms. The van der Waals surface area contributed by atoms with Crippen LogP contribution in [0, 0.1) is 0 Å². The first kappa shape index (κ1) is 11.2. The fourth-order valence-corrected chi connectivity index (χ4v) is 2.44. The Hall–Kier alpha value is 0.1000. The van der Waals surface area contributed by atoms with Crippen LogP contribution in [0.2, 0.25) is 0 Å². The molecular weight excluding hydrogens is 334 g/mol. The van der Waals surface area contributed by atoms with E-state index in [4.69, 9.17) is 0.594 Å². The second kappa shape index (κ2) is 3.35. The zero-order valence-corrected chi connectivity index (χ0v) is 7.44. The Bertz CT molecular complexity index is 174. The van der Waals surface area contributed by atoms with Crippen molar-refractivity contribution in [3.05, 3.63) is 0 Å². The van der Waals surface area contributed by atoms with Crippen LogP contribution < -0.4 is 19.6 Å². The molecule has 0 saturated heterocycles. The Morgan fingerprint density at radius 1 is 0.615 bits per heavy atom. The molecule has 0 amide bonds. The van der Waals surface area contributed by atoms with Crippen LogP contribution in [0.4, 0.5) is 39.5 Å². The number of alkyl halides is 12. The van der Waals surface area contributed by atoms with E-state index in [-0.39, 0.29) is 0 Å². The Balaban J connectivity index is 5.54. The summed E-state index contributed by atoms with van der Waals surface area (Å²) in [6.07, 6.45) is 0. The molecule has 0 saturated carbocycles. The van der Waals surface area contributed by atoms with E-state index in [0.717, 1.165) is 0 Å². The normalized spacial score (nSPS) is 18.4. The minimum absolute atomic E-state index is 5.68. The van der Waals surface area contributed by atoms with E-state index in [2.05, 4.69) is 0 Å². The van der Waals surface area contributed by atoms with E-state index in [1.54, 1.807) is 0 Å². The number of hydrogen-bond acceptors (Lipinski definition) is 0. The maximum atomic E-state index is 11.5. The molecule has 0 aliphatic rings. The van der Waals surface area contributed by atoms with E-state index < -0.39 is 32.2 Å². The van der Waals surface area contributed by atoms with Crippen molar-refractivity contribution in [1.29, 1.82) is 0.594 Å². The van der Waals surface area contributed by atoms with Crippen LogP contribution in [-0.4, -0.2) is 13.1 Å². The second-order valence-corrected chi connectivity index (χ2v) is 6.86. The Kier molecular flexibility index (Phi) is 2.88. The van der Waals surface area contributed by atoms with Crippen LogP contribution in [-0.2, 0) is 0 Å². The summed E-state index contributed by atoms with van der Waals surface area (Å²) in [5.74, 6) is 0. The molecule has 0 spiro atoms. The monoisotopic (exact) mass is 337 g/mol. The van der Waals surface area contributed by atoms with Gasteiger partial charge in [-0.15, -0.1) is 0 Å². The third-order valence-corrected chi connectivity index (χ3v) is 4.31. The van der Waals surface area contributed by atoms with E-state index in [0.29, 0.717) is 0 Å². The van der Waals surface area contributed by atoms with Gasteiger partial charge >= 0.3 is 72.3 Å². The van der Waals surface area contributed by atoms with Crippen molar-refractivity contribution in [1.82, 2.24) is 0 Å². The van der Waals surface area contributed by atoms with E-state index in [9.17, 15) is 39.5 Å². The molecule has 0 unspecified atom stereocenters. The average Bonchev–Trinajstić information content (AvgIpc) is 1.77. The first-order valence-electron chi connectivity index (χ1n) is 2.65. The van der Waals surface area contributed by atoms with Crippen LogP contribution in [0.15, 0.2) is 0 Å². The Labute approximate surface area is 72.9 Å². The van der Waals surface area contributed by atoms with Crippen molar-refractivity contribution in [2.75, 3.05) is 0 Å². The zero-order valence-electron chi connectivity index (χ0n) is 6.28. The van der Waals surface area contributed by atoms with Crippen molar-refractivity contribution in [2.45, 2.75) is 12.5 Å². The van der Waals surface area contributed by atoms with Crippen molar-refractivity contribution in [2.24, 2.45) is 0 Å². The third kappa shape index (κ3) is 3.77. The first-order valence-corrected chi connectivity index (χ1v) is 5.50. The van der Waals surface area contributed by atoms with Crippen molar-refractivity contribution in [3.8, 4) is 0 Å². The molecule has 0 aliphatic heterocycles. The standard InChI is InChI=1S/C3HF9I/c4-1(5,6)13(2(7,8)9)3(10,11)12/h13H/q-1/i13T. The zero-order chi connectivity index (χ0) is 12.0. The van der Waals surface area contributed by atoms with Crippen LogP contribution >= 0.6 is 0 Å². The predicted molar refractivity (Wildman–Crippen MR) is 19.6 cm³/mol. The quantitative estimate of drug-likeness (QED) is 0.329. The minimum atomic E-state index is -8.60. The molecule has 0 aliphatic carbocycles. The molecule has 0 rings (SSSR count). The van der Waals surface area contributed by atoms with Gasteiger partial charge < -0.3 is 0 Å². The van der Waals surface area contributed by atoms with Gasteiger partial charge in [0, 0.05) is 0 Å². The third-order valence-electron chi connectivity index (χ3n) is 0.643. The van der Waals surface area contributed by atoms with Crippen LogP contribution in [0.5, 0.6) is 0 Å². The van der Waals surface area contributed by atoms with Gasteiger partial charge in [-0.25, -0.2) is 0 Å². The molecule has 10 heteroatoms. The molecule has 0 aromatic heterocycles. The summed E-state index contributed by atoms with van der Waals surface area (Å²) in [7, 11) is 0. The van der Waals surface area contributed by atoms with Gasteiger partial charge in [0.2, 0.25) is 0 Å². The van der Waals surface area contributed by atoms with E-state index in [1.165, 1.54) is 0 Å². The molecule has 0 radical (unpaired) electrons. The van der Waals surface area contributed by atoms with Crippen LogP contribution in [0.1, 0.15) is 0 Å². The molecule has 0 fully saturated rings. The molecule has 0 N–H and O–H groups in total. The van der Waals surface area contributed by atoms with Crippen molar-refractivity contribution >= 4 is 0 Å². The topological polar surface area (TPSA) is 0 Å². The molecule has 0 nitrogen and oxygen atoms in total. The molecule has 0 atom stereocenters. The summed E-state index contributed by atoms with van der Waals surface area (Å²) in [4.78, 5) is 0. The summed E-state index contributed by atoms with van der Waals surface area (Å²) in [5.41, 5.74) is 0. The summed E-state index contributed by atoms with van der Waals surface area (Å²) >= 11 is -8.60. The van der Waals surface area contributed by atoms with Gasteiger partial charge in [0.25, 0.3) is 0 Å². The fourth-order valence-electron chi connectivity index (χ4n) is 0.364. The summed E-state index contributed by atoms with van der Waals surface area (Å²) in [5, 5.41) is 0. The van der Waals surface area contributed by atoms with Gasteiger partial charge in [-0.05, 0) is 0 Å². The van der Waals surface area contributed by atoms with Gasteiger partial charge in [-0.3, -0.25) is 0 Å². The maximum absolute atomic E-state index is 11.5. The Morgan fingerprint density at radius 3 is 0.769 bits per heavy atom. The summed E-state index contributed by atoms with van der Waals surface area (Å²) < 4.78 is 89.9. The SMILES string of the molecule is [3H][I-](C(F)(F)F)(C(F)(F)F)C(F)(F)F. The van der Waals surface area contributed by atoms with Gasteiger partial charge in [-0.1, -0.05) is 0 Å². The van der Waals surface area contributed by atoms with Crippen molar-refractivity contribution in [3.63, 3.8) is 0 Å². The number of halogens is 10.